The van der Waals surface area contributed by atoms with Crippen molar-refractivity contribution in [3.8, 4) is 0 Å². The summed E-state index contributed by atoms with van der Waals surface area (Å²) in [6.45, 7) is 2.78. The maximum absolute atomic E-state index is 11.8. The fraction of sp³-hybridized carbons (Fsp3) is 0.429. The Morgan fingerprint density at radius 3 is 2.94 bits per heavy atom. The van der Waals surface area contributed by atoms with Crippen molar-refractivity contribution in [3.05, 3.63) is 29.3 Å². The molecule has 0 radical (unpaired) electrons. The van der Waals surface area contributed by atoms with Gasteiger partial charge in [-0.05, 0) is 31.9 Å². The molecule has 1 heterocycles. The molecular weight excluding hydrogens is 228 g/mol. The summed E-state index contributed by atoms with van der Waals surface area (Å²) in [6.07, 6.45) is 2.68. The van der Waals surface area contributed by atoms with E-state index in [4.69, 9.17) is 0 Å². The first kappa shape index (κ1) is 12.6. The second-order valence-corrected chi connectivity index (χ2v) is 4.65. The number of likely N-dealkylation sites (N-methyl/N-ethyl adjacent to an activating group) is 1. The van der Waals surface area contributed by atoms with Gasteiger partial charge in [-0.2, -0.15) is 0 Å². The van der Waals surface area contributed by atoms with Crippen LogP contribution >= 0.6 is 0 Å². The van der Waals surface area contributed by atoms with Crippen LogP contribution in [0, 0.1) is 6.92 Å². The highest BCUT2D eigenvalue weighted by Gasteiger charge is 2.31. The molecule has 0 spiro atoms. The minimum absolute atomic E-state index is 0.0184. The van der Waals surface area contributed by atoms with Crippen LogP contribution < -0.4 is 10.2 Å². The van der Waals surface area contributed by atoms with Crippen molar-refractivity contribution >= 4 is 17.9 Å². The number of carbonyl (C=O) groups excluding carboxylic acids is 2. The van der Waals surface area contributed by atoms with E-state index in [2.05, 4.69) is 5.32 Å². The molecule has 0 aliphatic carbocycles. The van der Waals surface area contributed by atoms with Gasteiger partial charge in [0.05, 0.1) is 0 Å². The highest BCUT2D eigenvalue weighted by atomic mass is 16.2. The van der Waals surface area contributed by atoms with Crippen molar-refractivity contribution in [1.29, 1.82) is 0 Å². The number of aldehydes is 1. The number of hydrogen-bond donors (Lipinski definition) is 1. The van der Waals surface area contributed by atoms with Crippen molar-refractivity contribution in [1.82, 2.24) is 5.32 Å². The molecule has 1 N–H and O–H groups in total. The highest BCUT2D eigenvalue weighted by molar-refractivity contribution is 5.90. The average molecular weight is 246 g/mol. The number of hydrogen-bond acceptors (Lipinski definition) is 3. The van der Waals surface area contributed by atoms with E-state index < -0.39 is 0 Å². The molecule has 1 unspecified atom stereocenters. The minimum Gasteiger partial charge on any atom is -0.359 e. The monoisotopic (exact) mass is 246 g/mol. The van der Waals surface area contributed by atoms with Crippen LogP contribution in [0.3, 0.4) is 0 Å². The van der Waals surface area contributed by atoms with Gasteiger partial charge in [-0.25, -0.2) is 0 Å². The summed E-state index contributed by atoms with van der Waals surface area (Å²) in [5.41, 5.74) is 2.57. The molecule has 1 aliphatic heterocycles. The van der Waals surface area contributed by atoms with E-state index in [0.717, 1.165) is 36.9 Å². The summed E-state index contributed by atoms with van der Waals surface area (Å²) in [4.78, 5) is 25.0. The molecule has 1 amide bonds. The number of benzene rings is 1. The summed E-state index contributed by atoms with van der Waals surface area (Å²) in [7, 11) is 1.65. The maximum Gasteiger partial charge on any atom is 0.242 e. The zero-order valence-corrected chi connectivity index (χ0v) is 10.8. The Morgan fingerprint density at radius 2 is 2.28 bits per heavy atom. The van der Waals surface area contributed by atoms with Crippen LogP contribution in [-0.2, 0) is 4.79 Å². The van der Waals surface area contributed by atoms with Crippen molar-refractivity contribution in [2.45, 2.75) is 25.8 Å². The number of nitrogens with one attached hydrogen (secondary N) is 1. The average Bonchev–Trinajstić information content (AvgIpc) is 2.86. The van der Waals surface area contributed by atoms with E-state index in [0.29, 0.717) is 5.56 Å². The molecule has 1 fully saturated rings. The molecule has 18 heavy (non-hydrogen) atoms. The predicted octanol–water partition coefficient (Wildman–Crippen LogP) is 1.52. The summed E-state index contributed by atoms with van der Waals surface area (Å²) in [5, 5.41) is 2.69. The smallest absolute Gasteiger partial charge is 0.242 e. The zero-order chi connectivity index (χ0) is 13.1. The highest BCUT2D eigenvalue weighted by Crippen LogP contribution is 2.28. The Labute approximate surface area is 107 Å². The normalized spacial score (nSPS) is 18.8. The molecule has 1 aromatic rings. The second-order valence-electron chi connectivity index (χ2n) is 4.65. The maximum atomic E-state index is 11.8. The summed E-state index contributed by atoms with van der Waals surface area (Å²) in [5.74, 6) is 0.0184. The number of amides is 1. The lowest BCUT2D eigenvalue weighted by Gasteiger charge is -2.26. The third-order valence-electron chi connectivity index (χ3n) is 3.42. The van der Waals surface area contributed by atoms with Crippen molar-refractivity contribution in [3.63, 3.8) is 0 Å². The van der Waals surface area contributed by atoms with E-state index in [9.17, 15) is 9.59 Å². The Morgan fingerprint density at radius 1 is 1.50 bits per heavy atom. The molecule has 1 aromatic carbocycles. The van der Waals surface area contributed by atoms with Crippen LogP contribution in [0.2, 0.25) is 0 Å². The van der Waals surface area contributed by atoms with Crippen LogP contribution in [-0.4, -0.2) is 31.8 Å². The third kappa shape index (κ3) is 2.23. The van der Waals surface area contributed by atoms with E-state index in [-0.39, 0.29) is 11.9 Å². The van der Waals surface area contributed by atoms with Gasteiger partial charge in [-0.1, -0.05) is 11.6 Å². The Kier molecular flexibility index (Phi) is 3.65. The van der Waals surface area contributed by atoms with Gasteiger partial charge in [-0.3, -0.25) is 9.59 Å². The van der Waals surface area contributed by atoms with E-state index in [1.807, 2.05) is 30.0 Å². The molecule has 1 atom stereocenters. The molecule has 4 heteroatoms. The third-order valence-corrected chi connectivity index (χ3v) is 3.42. The molecule has 4 nitrogen and oxygen atoms in total. The van der Waals surface area contributed by atoms with Crippen LogP contribution in [0.25, 0.3) is 0 Å². The summed E-state index contributed by atoms with van der Waals surface area (Å²) >= 11 is 0. The topological polar surface area (TPSA) is 49.4 Å². The quantitative estimate of drug-likeness (QED) is 0.823. The van der Waals surface area contributed by atoms with Crippen LogP contribution in [0.15, 0.2) is 18.2 Å². The van der Waals surface area contributed by atoms with Gasteiger partial charge >= 0.3 is 0 Å². The van der Waals surface area contributed by atoms with Gasteiger partial charge in [0, 0.05) is 24.8 Å². The number of nitrogens with zero attached hydrogens (tertiary/aromatic N) is 1. The fourth-order valence-corrected chi connectivity index (χ4v) is 2.52. The van der Waals surface area contributed by atoms with Gasteiger partial charge in [0.1, 0.15) is 6.04 Å². The predicted molar refractivity (Wildman–Crippen MR) is 71.0 cm³/mol. The second kappa shape index (κ2) is 5.21. The minimum atomic E-state index is -0.156. The summed E-state index contributed by atoms with van der Waals surface area (Å²) < 4.78 is 0. The summed E-state index contributed by atoms with van der Waals surface area (Å²) in [6, 6.07) is 5.61. The van der Waals surface area contributed by atoms with Crippen molar-refractivity contribution in [2.75, 3.05) is 18.5 Å². The van der Waals surface area contributed by atoms with E-state index in [1.54, 1.807) is 7.05 Å². The molecule has 0 bridgehead atoms. The largest absolute Gasteiger partial charge is 0.359 e. The van der Waals surface area contributed by atoms with Crippen LogP contribution in [0.5, 0.6) is 0 Å². The van der Waals surface area contributed by atoms with Gasteiger partial charge < -0.3 is 10.2 Å². The molecule has 1 saturated heterocycles. The molecule has 2 rings (SSSR count). The lowest BCUT2D eigenvalue weighted by molar-refractivity contribution is -0.121. The van der Waals surface area contributed by atoms with Crippen molar-refractivity contribution < 1.29 is 9.59 Å². The standard InChI is InChI=1S/C14H18N2O2/c1-10-5-6-12(11(8-10)9-17)16-7-3-4-13(16)14(18)15-2/h5-6,8-9,13H,3-4,7H2,1-2H3,(H,15,18). The van der Waals surface area contributed by atoms with Crippen LogP contribution in [0.1, 0.15) is 28.8 Å². The number of carbonyl (C=O) groups is 2. The Bertz CT molecular complexity index is 471. The Hall–Kier alpha value is -1.84. The lowest BCUT2D eigenvalue weighted by atomic mass is 10.1. The molecule has 96 valence electrons. The number of anilines is 1. The SMILES string of the molecule is CNC(=O)C1CCCN1c1ccc(C)cc1C=O. The van der Waals surface area contributed by atoms with E-state index in [1.165, 1.54) is 0 Å². The first-order valence-corrected chi connectivity index (χ1v) is 6.21. The number of rotatable bonds is 3. The molecule has 1 aliphatic rings. The first-order valence-electron chi connectivity index (χ1n) is 6.21. The van der Waals surface area contributed by atoms with Crippen LogP contribution in [0.4, 0.5) is 5.69 Å². The van der Waals surface area contributed by atoms with Gasteiger partial charge in [0.15, 0.2) is 6.29 Å². The van der Waals surface area contributed by atoms with Crippen molar-refractivity contribution in [2.24, 2.45) is 0 Å². The van der Waals surface area contributed by atoms with Gasteiger partial charge in [0.2, 0.25) is 5.91 Å². The first-order chi connectivity index (χ1) is 8.67. The molecular formula is C14H18N2O2. The van der Waals surface area contributed by atoms with Gasteiger partial charge in [-0.15, -0.1) is 0 Å². The molecule has 0 saturated carbocycles. The Balaban J connectivity index is 2.35. The molecule has 0 aromatic heterocycles. The lowest BCUT2D eigenvalue weighted by Crippen LogP contribution is -2.42. The van der Waals surface area contributed by atoms with E-state index >= 15 is 0 Å². The fourth-order valence-electron chi connectivity index (χ4n) is 2.52. The number of aryl methyl sites for hydroxylation is 1. The van der Waals surface area contributed by atoms with Gasteiger partial charge in [0.25, 0.3) is 0 Å². The zero-order valence-electron chi connectivity index (χ0n) is 10.8.